The monoisotopic (exact) mass is 394 g/mol. The molecule has 1 atom stereocenters. The summed E-state index contributed by atoms with van der Waals surface area (Å²) in [4.78, 5) is 19.0. The van der Waals surface area contributed by atoms with Crippen LogP contribution in [0.2, 0.25) is 0 Å². The molecule has 1 amide bonds. The lowest BCUT2D eigenvalue weighted by molar-refractivity contribution is -0.0247. The Bertz CT molecular complexity index is 991. The third kappa shape index (κ3) is 4.32. The number of hydrogen-bond donors (Lipinski definition) is 0. The molecular weight excluding hydrogens is 374 g/mol. The van der Waals surface area contributed by atoms with Gasteiger partial charge in [-0.05, 0) is 36.4 Å². The summed E-state index contributed by atoms with van der Waals surface area (Å²) in [5.74, 6) is -1.24. The van der Waals surface area contributed by atoms with Crippen molar-refractivity contribution in [1.82, 2.24) is 9.88 Å². The maximum atomic E-state index is 14.0. The van der Waals surface area contributed by atoms with Crippen LogP contribution in [0.3, 0.4) is 0 Å². The Labute approximate surface area is 167 Å². The predicted octanol–water partition coefficient (Wildman–Crippen LogP) is 4.16. The molecule has 0 saturated carbocycles. The molecule has 29 heavy (non-hydrogen) atoms. The lowest BCUT2D eigenvalue weighted by atomic mass is 10.1. The van der Waals surface area contributed by atoms with Gasteiger partial charge in [0, 0.05) is 29.8 Å². The van der Waals surface area contributed by atoms with Crippen molar-refractivity contribution in [2.45, 2.75) is 12.5 Å². The van der Waals surface area contributed by atoms with Crippen molar-refractivity contribution in [2.24, 2.45) is 0 Å². The number of pyridine rings is 1. The fourth-order valence-corrected chi connectivity index (χ4v) is 3.43. The molecule has 1 unspecified atom stereocenters. The van der Waals surface area contributed by atoms with E-state index in [1.54, 1.807) is 29.2 Å². The molecule has 4 nitrogen and oxygen atoms in total. The van der Waals surface area contributed by atoms with Gasteiger partial charge in [0.2, 0.25) is 0 Å². The summed E-state index contributed by atoms with van der Waals surface area (Å²) in [6, 6.07) is 18.2. The Kier molecular flexibility index (Phi) is 5.62. The molecule has 1 aliphatic heterocycles. The van der Waals surface area contributed by atoms with E-state index in [-0.39, 0.29) is 24.0 Å². The number of hydrogen-bond acceptors (Lipinski definition) is 3. The van der Waals surface area contributed by atoms with Gasteiger partial charge in [-0.15, -0.1) is 0 Å². The Morgan fingerprint density at radius 2 is 1.72 bits per heavy atom. The first-order valence-electron chi connectivity index (χ1n) is 9.46. The summed E-state index contributed by atoms with van der Waals surface area (Å²) in [5, 5.41) is 0. The van der Waals surface area contributed by atoms with Gasteiger partial charge in [-0.25, -0.2) is 8.78 Å². The summed E-state index contributed by atoms with van der Waals surface area (Å²) >= 11 is 0. The largest absolute Gasteiger partial charge is 0.368 e. The fourth-order valence-electron chi connectivity index (χ4n) is 3.43. The Balaban J connectivity index is 1.51. The Morgan fingerprint density at radius 3 is 2.48 bits per heavy atom. The Hall–Kier alpha value is -3.12. The number of halogens is 2. The first-order valence-corrected chi connectivity index (χ1v) is 9.46. The minimum atomic E-state index is -0.592. The van der Waals surface area contributed by atoms with Gasteiger partial charge in [-0.2, -0.15) is 0 Å². The van der Waals surface area contributed by atoms with Crippen molar-refractivity contribution < 1.29 is 18.3 Å². The molecule has 3 aromatic rings. The highest BCUT2D eigenvalue weighted by Crippen LogP contribution is 2.23. The highest BCUT2D eigenvalue weighted by atomic mass is 19.1. The smallest absolute Gasteiger partial charge is 0.254 e. The summed E-state index contributed by atoms with van der Waals surface area (Å²) in [7, 11) is 0. The van der Waals surface area contributed by atoms with E-state index in [1.807, 2.05) is 24.3 Å². The number of rotatable bonds is 4. The van der Waals surface area contributed by atoms with Gasteiger partial charge in [-0.3, -0.25) is 9.78 Å². The quantitative estimate of drug-likeness (QED) is 0.667. The van der Waals surface area contributed by atoms with Crippen LogP contribution >= 0.6 is 0 Å². The van der Waals surface area contributed by atoms with Crippen molar-refractivity contribution >= 4 is 5.91 Å². The average molecular weight is 394 g/mol. The molecule has 0 spiro atoms. The van der Waals surface area contributed by atoms with E-state index in [9.17, 15) is 13.6 Å². The number of carbonyl (C=O) groups excluding carboxylic acids is 1. The van der Waals surface area contributed by atoms with Gasteiger partial charge in [-0.1, -0.05) is 30.3 Å². The second kappa shape index (κ2) is 8.49. The van der Waals surface area contributed by atoms with E-state index in [2.05, 4.69) is 4.98 Å². The molecule has 1 aliphatic rings. The molecule has 0 bridgehead atoms. The molecule has 0 aliphatic carbocycles. The average Bonchev–Trinajstić information content (AvgIpc) is 2.77. The van der Waals surface area contributed by atoms with Gasteiger partial charge in [0.05, 0.1) is 18.8 Å². The van der Waals surface area contributed by atoms with Crippen molar-refractivity contribution in [3.05, 3.63) is 101 Å². The topological polar surface area (TPSA) is 42.4 Å². The third-order valence-corrected chi connectivity index (χ3v) is 4.95. The molecule has 4 rings (SSSR count). The van der Waals surface area contributed by atoms with Crippen LogP contribution in [0.1, 0.15) is 33.4 Å². The second-order valence-corrected chi connectivity index (χ2v) is 6.91. The van der Waals surface area contributed by atoms with Crippen LogP contribution in [0.25, 0.3) is 0 Å². The zero-order valence-corrected chi connectivity index (χ0v) is 15.7. The molecule has 1 saturated heterocycles. The van der Waals surface area contributed by atoms with Crippen molar-refractivity contribution in [2.75, 3.05) is 19.7 Å². The predicted molar refractivity (Wildman–Crippen MR) is 104 cm³/mol. The summed E-state index contributed by atoms with van der Waals surface area (Å²) in [6.45, 7) is 1.28. The zero-order valence-electron chi connectivity index (χ0n) is 15.7. The number of ether oxygens (including phenoxy) is 1. The van der Waals surface area contributed by atoms with Crippen LogP contribution in [0.4, 0.5) is 8.78 Å². The summed E-state index contributed by atoms with van der Waals surface area (Å²) in [6.07, 6.45) is -0.340. The van der Waals surface area contributed by atoms with E-state index in [1.165, 1.54) is 18.2 Å². The van der Waals surface area contributed by atoms with Crippen molar-refractivity contribution in [1.29, 1.82) is 0 Å². The molecule has 148 valence electrons. The van der Waals surface area contributed by atoms with Crippen LogP contribution in [-0.4, -0.2) is 35.5 Å². The lowest BCUT2D eigenvalue weighted by Crippen LogP contribution is -2.42. The highest BCUT2D eigenvalue weighted by molar-refractivity contribution is 5.94. The summed E-state index contributed by atoms with van der Waals surface area (Å²) in [5.41, 5.74) is 1.80. The van der Waals surface area contributed by atoms with E-state index in [0.717, 1.165) is 0 Å². The number of nitrogens with zero attached hydrogens (tertiary/aromatic N) is 2. The van der Waals surface area contributed by atoms with Crippen LogP contribution in [-0.2, 0) is 11.2 Å². The van der Waals surface area contributed by atoms with Gasteiger partial charge in [0.25, 0.3) is 5.91 Å². The highest BCUT2D eigenvalue weighted by Gasteiger charge is 2.27. The van der Waals surface area contributed by atoms with Crippen LogP contribution in [0.5, 0.6) is 0 Å². The van der Waals surface area contributed by atoms with Crippen LogP contribution in [0.15, 0.2) is 66.7 Å². The molecule has 2 aromatic carbocycles. The molecule has 1 fully saturated rings. The maximum Gasteiger partial charge on any atom is 0.254 e. The van der Waals surface area contributed by atoms with Gasteiger partial charge in [0.1, 0.15) is 17.7 Å². The number of carbonyl (C=O) groups is 1. The minimum Gasteiger partial charge on any atom is -0.368 e. The van der Waals surface area contributed by atoms with E-state index < -0.39 is 11.6 Å². The number of benzene rings is 2. The second-order valence-electron chi connectivity index (χ2n) is 6.91. The standard InChI is InChI=1S/C23H20F2N2O2/c24-19-9-5-10-20(25)18(19)14-17-8-4-11-21(26-17)22-15-27(12-13-29-22)23(28)16-6-2-1-3-7-16/h1-11,22H,12-15H2. The SMILES string of the molecule is O=C(c1ccccc1)N1CCOC(c2cccc(Cc3c(F)cccc3F)n2)C1. The summed E-state index contributed by atoms with van der Waals surface area (Å²) < 4.78 is 33.7. The molecule has 0 N–H and O–H groups in total. The normalized spacial score (nSPS) is 16.6. The third-order valence-electron chi connectivity index (χ3n) is 4.95. The van der Waals surface area contributed by atoms with Crippen molar-refractivity contribution in [3.8, 4) is 0 Å². The molecule has 6 heteroatoms. The molecular formula is C23H20F2N2O2. The van der Waals surface area contributed by atoms with E-state index in [4.69, 9.17) is 4.74 Å². The number of amides is 1. The lowest BCUT2D eigenvalue weighted by Gasteiger charge is -2.33. The minimum absolute atomic E-state index is 0.0115. The van der Waals surface area contributed by atoms with Gasteiger partial charge < -0.3 is 9.64 Å². The number of aromatic nitrogens is 1. The van der Waals surface area contributed by atoms with Gasteiger partial charge >= 0.3 is 0 Å². The number of morpholine rings is 1. The Morgan fingerprint density at radius 1 is 1.00 bits per heavy atom. The first kappa shape index (κ1) is 19.2. The van der Waals surface area contributed by atoms with Crippen LogP contribution < -0.4 is 0 Å². The first-order chi connectivity index (χ1) is 14.1. The van der Waals surface area contributed by atoms with Crippen LogP contribution in [0, 0.1) is 11.6 Å². The molecule has 1 aromatic heterocycles. The van der Waals surface area contributed by atoms with E-state index >= 15 is 0 Å². The zero-order chi connectivity index (χ0) is 20.2. The van der Waals surface area contributed by atoms with E-state index in [0.29, 0.717) is 36.6 Å². The van der Waals surface area contributed by atoms with Gasteiger partial charge in [0.15, 0.2) is 0 Å². The molecule has 2 heterocycles. The molecule has 0 radical (unpaired) electrons. The maximum absolute atomic E-state index is 14.0. The fraction of sp³-hybridized carbons (Fsp3) is 0.217. The van der Waals surface area contributed by atoms with Crippen molar-refractivity contribution in [3.63, 3.8) is 0 Å².